The monoisotopic (exact) mass is 233 g/mol. The predicted octanol–water partition coefficient (Wildman–Crippen LogP) is 2.89. The summed E-state index contributed by atoms with van der Waals surface area (Å²) in [4.78, 5) is 22.2. The van der Waals surface area contributed by atoms with E-state index in [4.69, 9.17) is 0 Å². The molecule has 16 heavy (non-hydrogen) atoms. The van der Waals surface area contributed by atoms with Gasteiger partial charge in [-0.2, -0.15) is 0 Å². The number of ketones is 1. The van der Waals surface area contributed by atoms with Crippen molar-refractivity contribution >= 4 is 22.1 Å². The van der Waals surface area contributed by atoms with E-state index in [1.165, 1.54) is 12.1 Å². The summed E-state index contributed by atoms with van der Waals surface area (Å²) in [5.41, 5.74) is 0.541. The Morgan fingerprint density at radius 3 is 2.38 bits per heavy atom. The number of carbonyl (C=O) groups is 1. The van der Waals surface area contributed by atoms with E-state index in [2.05, 4.69) is 0 Å². The smallest absolute Gasteiger partial charge is 0.288 e. The average molecular weight is 233 g/mol. The van der Waals surface area contributed by atoms with Crippen molar-refractivity contribution in [2.24, 2.45) is 0 Å². The van der Waals surface area contributed by atoms with E-state index < -0.39 is 4.92 Å². The molecule has 2 rings (SSSR count). The van der Waals surface area contributed by atoms with Gasteiger partial charge in [0.25, 0.3) is 0 Å². The molecule has 1 aromatic carbocycles. The topological polar surface area (TPSA) is 60.2 Å². The molecule has 0 aliphatic heterocycles. The second-order valence-corrected chi connectivity index (χ2v) is 4.15. The standard InChI is InChI=1S/C11H7NO3S/c13-11(8-4-2-1-3-5-8)9-6-7-10(16-9)12(14)15/h1-7H. The third-order valence-corrected chi connectivity index (χ3v) is 3.07. The van der Waals surface area contributed by atoms with Crippen molar-refractivity contribution < 1.29 is 9.72 Å². The molecule has 1 aromatic heterocycles. The van der Waals surface area contributed by atoms with Crippen LogP contribution in [0.25, 0.3) is 0 Å². The molecule has 80 valence electrons. The van der Waals surface area contributed by atoms with E-state index in [1.807, 2.05) is 6.07 Å². The molecule has 2 aromatic rings. The van der Waals surface area contributed by atoms with Crippen LogP contribution in [0.1, 0.15) is 15.2 Å². The van der Waals surface area contributed by atoms with Gasteiger partial charge in [-0.3, -0.25) is 14.9 Å². The number of nitrogens with zero attached hydrogens (tertiary/aromatic N) is 1. The molecule has 0 saturated carbocycles. The number of hydrogen-bond donors (Lipinski definition) is 0. The molecule has 5 heteroatoms. The van der Waals surface area contributed by atoms with Crippen molar-refractivity contribution in [1.82, 2.24) is 0 Å². The van der Waals surface area contributed by atoms with Gasteiger partial charge in [-0.05, 0) is 6.07 Å². The number of thiophene rings is 1. The van der Waals surface area contributed by atoms with Crippen molar-refractivity contribution in [2.75, 3.05) is 0 Å². The fraction of sp³-hybridized carbons (Fsp3) is 0. The van der Waals surface area contributed by atoms with Crippen LogP contribution >= 0.6 is 11.3 Å². The molecule has 0 unspecified atom stereocenters. The Morgan fingerprint density at radius 2 is 1.81 bits per heavy atom. The Bertz CT molecular complexity index is 533. The van der Waals surface area contributed by atoms with E-state index >= 15 is 0 Å². The lowest BCUT2D eigenvalue weighted by molar-refractivity contribution is -0.380. The van der Waals surface area contributed by atoms with Crippen molar-refractivity contribution in [3.05, 3.63) is 63.0 Å². The minimum absolute atomic E-state index is 0.0146. The first-order chi connectivity index (χ1) is 7.68. The Balaban J connectivity index is 2.31. The number of hydrogen-bond acceptors (Lipinski definition) is 4. The van der Waals surface area contributed by atoms with E-state index in [-0.39, 0.29) is 10.8 Å². The van der Waals surface area contributed by atoms with Crippen LogP contribution in [0.2, 0.25) is 0 Å². The number of nitro groups is 1. The Kier molecular flexibility index (Phi) is 2.78. The van der Waals surface area contributed by atoms with Crippen LogP contribution in [0.15, 0.2) is 42.5 Å². The maximum atomic E-state index is 11.9. The highest BCUT2D eigenvalue weighted by molar-refractivity contribution is 7.17. The van der Waals surface area contributed by atoms with Gasteiger partial charge in [0, 0.05) is 11.6 Å². The molecule has 0 bridgehead atoms. The second kappa shape index (κ2) is 4.24. The molecular formula is C11H7NO3S. The summed E-state index contributed by atoms with van der Waals surface area (Å²) in [7, 11) is 0. The molecule has 0 spiro atoms. The zero-order valence-corrected chi connectivity index (χ0v) is 8.94. The summed E-state index contributed by atoms with van der Waals surface area (Å²) in [6, 6.07) is 11.5. The molecule has 0 amide bonds. The van der Waals surface area contributed by atoms with E-state index in [1.54, 1.807) is 24.3 Å². The van der Waals surface area contributed by atoms with Crippen LogP contribution in [0.5, 0.6) is 0 Å². The third kappa shape index (κ3) is 1.99. The minimum Gasteiger partial charge on any atom is -0.288 e. The van der Waals surface area contributed by atoms with Gasteiger partial charge in [-0.15, -0.1) is 0 Å². The minimum atomic E-state index is -0.494. The van der Waals surface area contributed by atoms with Crippen LogP contribution in [0, 0.1) is 10.1 Å². The first kappa shape index (κ1) is 10.5. The van der Waals surface area contributed by atoms with Crippen LogP contribution in [-0.2, 0) is 0 Å². The number of benzene rings is 1. The fourth-order valence-corrected chi connectivity index (χ4v) is 2.06. The molecule has 4 nitrogen and oxygen atoms in total. The molecule has 0 fully saturated rings. The number of rotatable bonds is 3. The summed E-state index contributed by atoms with van der Waals surface area (Å²) >= 11 is 0.895. The Morgan fingerprint density at radius 1 is 1.12 bits per heavy atom. The first-order valence-corrected chi connectivity index (χ1v) is 5.34. The predicted molar refractivity (Wildman–Crippen MR) is 60.8 cm³/mol. The lowest BCUT2D eigenvalue weighted by Gasteiger charge is -1.95. The summed E-state index contributed by atoms with van der Waals surface area (Å²) in [5, 5.41) is 10.5. The van der Waals surface area contributed by atoms with E-state index in [0.717, 1.165) is 11.3 Å². The Hall–Kier alpha value is -2.01. The highest BCUT2D eigenvalue weighted by Crippen LogP contribution is 2.25. The average Bonchev–Trinajstić information content (AvgIpc) is 2.78. The largest absolute Gasteiger partial charge is 0.324 e. The summed E-state index contributed by atoms with van der Waals surface area (Å²) < 4.78 is 0. The highest BCUT2D eigenvalue weighted by Gasteiger charge is 2.16. The van der Waals surface area contributed by atoms with Gasteiger partial charge in [0.15, 0.2) is 0 Å². The van der Waals surface area contributed by atoms with Crippen molar-refractivity contribution in [2.45, 2.75) is 0 Å². The van der Waals surface area contributed by atoms with Gasteiger partial charge >= 0.3 is 5.00 Å². The maximum absolute atomic E-state index is 11.9. The lowest BCUT2D eigenvalue weighted by Crippen LogP contribution is -1.97. The van der Waals surface area contributed by atoms with E-state index in [9.17, 15) is 14.9 Å². The highest BCUT2D eigenvalue weighted by atomic mass is 32.1. The molecule has 1 heterocycles. The van der Waals surface area contributed by atoms with Crippen LogP contribution in [-0.4, -0.2) is 10.7 Å². The van der Waals surface area contributed by atoms with Crippen LogP contribution in [0.3, 0.4) is 0 Å². The van der Waals surface area contributed by atoms with E-state index in [0.29, 0.717) is 10.4 Å². The molecule has 0 N–H and O–H groups in total. The summed E-state index contributed by atoms with van der Waals surface area (Å²) in [5.74, 6) is -0.182. The quantitative estimate of drug-likeness (QED) is 0.465. The third-order valence-electron chi connectivity index (χ3n) is 2.03. The normalized spacial score (nSPS) is 10.0. The SMILES string of the molecule is O=C(c1ccccc1)c1ccc([N+](=O)[O-])s1. The van der Waals surface area contributed by atoms with Gasteiger partial charge in [-0.25, -0.2) is 0 Å². The zero-order valence-electron chi connectivity index (χ0n) is 8.12. The molecule has 0 saturated heterocycles. The Labute approximate surface area is 95.3 Å². The van der Waals surface area contributed by atoms with Gasteiger partial charge in [0.05, 0.1) is 9.80 Å². The lowest BCUT2D eigenvalue weighted by atomic mass is 10.1. The molecule has 0 radical (unpaired) electrons. The maximum Gasteiger partial charge on any atom is 0.324 e. The van der Waals surface area contributed by atoms with Crippen molar-refractivity contribution in [1.29, 1.82) is 0 Å². The van der Waals surface area contributed by atoms with Crippen molar-refractivity contribution in [3.8, 4) is 0 Å². The van der Waals surface area contributed by atoms with Crippen LogP contribution < -0.4 is 0 Å². The van der Waals surface area contributed by atoms with Gasteiger partial charge in [-0.1, -0.05) is 41.7 Å². The number of carbonyl (C=O) groups excluding carboxylic acids is 1. The van der Waals surface area contributed by atoms with Crippen LogP contribution in [0.4, 0.5) is 5.00 Å². The second-order valence-electron chi connectivity index (χ2n) is 3.09. The molecule has 0 atom stereocenters. The molecule has 0 aliphatic rings. The van der Waals surface area contributed by atoms with Gasteiger partial charge < -0.3 is 0 Å². The van der Waals surface area contributed by atoms with Crippen molar-refractivity contribution in [3.63, 3.8) is 0 Å². The summed E-state index contributed by atoms with van der Waals surface area (Å²) in [6.45, 7) is 0. The van der Waals surface area contributed by atoms with Gasteiger partial charge in [0.2, 0.25) is 5.78 Å². The first-order valence-electron chi connectivity index (χ1n) is 4.52. The molecule has 0 aliphatic carbocycles. The van der Waals surface area contributed by atoms with Gasteiger partial charge in [0.1, 0.15) is 0 Å². The fourth-order valence-electron chi connectivity index (χ4n) is 1.28. The summed E-state index contributed by atoms with van der Waals surface area (Å²) in [6.07, 6.45) is 0. The molecular weight excluding hydrogens is 226 g/mol. The zero-order chi connectivity index (χ0) is 11.5.